The number of esters is 2. The molecule has 11 nitrogen and oxygen atoms in total. The van der Waals surface area contributed by atoms with E-state index in [-0.39, 0.29) is 19.4 Å². The van der Waals surface area contributed by atoms with Gasteiger partial charge in [0.05, 0.1) is 13.2 Å². The zero-order chi connectivity index (χ0) is 37.8. The summed E-state index contributed by atoms with van der Waals surface area (Å²) in [6.45, 7) is 2.56. The summed E-state index contributed by atoms with van der Waals surface area (Å²) in [5.74, 6) is -2.45. The lowest BCUT2D eigenvalue weighted by molar-refractivity contribution is -0.161. The van der Waals surface area contributed by atoms with Crippen LogP contribution < -0.4 is 5.73 Å². The molecule has 3 atom stereocenters. The Morgan fingerprint density at radius 1 is 0.627 bits per heavy atom. The predicted octanol–water partition coefficient (Wildman–Crippen LogP) is 9.22. The van der Waals surface area contributed by atoms with Gasteiger partial charge in [0.15, 0.2) is 6.10 Å². The quantitative estimate of drug-likeness (QED) is 0.0249. The number of ether oxygens (including phenoxy) is 2. The molecule has 0 radical (unpaired) electrons. The van der Waals surface area contributed by atoms with Gasteiger partial charge in [-0.1, -0.05) is 113 Å². The van der Waals surface area contributed by atoms with E-state index in [1.807, 2.05) is 0 Å². The zero-order valence-corrected chi connectivity index (χ0v) is 32.1. The third kappa shape index (κ3) is 34.1. The number of allylic oxidation sites excluding steroid dienone is 10. The van der Waals surface area contributed by atoms with Gasteiger partial charge < -0.3 is 25.2 Å². The third-order valence-electron chi connectivity index (χ3n) is 7.50. The lowest BCUT2D eigenvalue weighted by Crippen LogP contribution is -2.34. The molecule has 0 heterocycles. The standard InChI is InChI=1S/C39H66NO10P/c1-3-5-7-9-11-13-15-17-19-20-22-24-26-28-30-37(41)47-32-35(33-48-51(45,46)49-34-36(40)39(43)44)50-38(42)31-29-27-25-23-21-18-16-14-12-10-8-6-4-2/h6,8-9,11-12,14-15,17-18,21,35-36H,3-5,7,10,13,16,19-20,22-34,40H2,1-2H3,(H,43,44)(H,45,46)/b8-6-,11-9-,14-12-,17-15-,21-18-. The summed E-state index contributed by atoms with van der Waals surface area (Å²) in [6.07, 6.45) is 37.2. The molecule has 0 aromatic carbocycles. The van der Waals surface area contributed by atoms with Gasteiger partial charge in [0.25, 0.3) is 0 Å². The van der Waals surface area contributed by atoms with Crippen molar-refractivity contribution in [1.29, 1.82) is 0 Å². The highest BCUT2D eigenvalue weighted by molar-refractivity contribution is 7.47. The first-order valence-electron chi connectivity index (χ1n) is 18.8. The van der Waals surface area contributed by atoms with Crippen molar-refractivity contribution in [2.75, 3.05) is 19.8 Å². The van der Waals surface area contributed by atoms with Crippen LogP contribution in [0.4, 0.5) is 0 Å². The van der Waals surface area contributed by atoms with Crippen molar-refractivity contribution in [3.8, 4) is 0 Å². The molecule has 0 aliphatic carbocycles. The van der Waals surface area contributed by atoms with E-state index in [0.717, 1.165) is 83.5 Å². The number of carboxylic acids is 1. The smallest absolute Gasteiger partial charge is 0.472 e. The number of unbranched alkanes of at least 4 members (excludes halogenated alkanes) is 10. The Kier molecular flexibility index (Phi) is 32.4. The van der Waals surface area contributed by atoms with E-state index in [4.69, 9.17) is 24.8 Å². The molecule has 0 saturated heterocycles. The molecule has 0 aromatic rings. The van der Waals surface area contributed by atoms with Crippen molar-refractivity contribution in [2.45, 2.75) is 148 Å². The minimum atomic E-state index is -4.72. The normalized spacial score (nSPS) is 14.6. The molecule has 51 heavy (non-hydrogen) atoms. The summed E-state index contributed by atoms with van der Waals surface area (Å²) < 4.78 is 32.5. The highest BCUT2D eigenvalue weighted by atomic mass is 31.2. The van der Waals surface area contributed by atoms with Crippen LogP contribution in [0.2, 0.25) is 0 Å². The average molecular weight is 740 g/mol. The van der Waals surface area contributed by atoms with E-state index < -0.39 is 51.1 Å². The number of carboxylic acid groups (broad SMARTS) is 1. The van der Waals surface area contributed by atoms with E-state index in [1.54, 1.807) is 0 Å². The Morgan fingerprint density at radius 2 is 1.10 bits per heavy atom. The van der Waals surface area contributed by atoms with Crippen LogP contribution in [0.5, 0.6) is 0 Å². The molecule has 0 aliphatic rings. The zero-order valence-electron chi connectivity index (χ0n) is 31.2. The topological polar surface area (TPSA) is 172 Å². The molecule has 0 fully saturated rings. The summed E-state index contributed by atoms with van der Waals surface area (Å²) in [4.78, 5) is 45.7. The van der Waals surface area contributed by atoms with E-state index >= 15 is 0 Å². The molecule has 0 spiro atoms. The average Bonchev–Trinajstić information content (AvgIpc) is 3.10. The van der Waals surface area contributed by atoms with Crippen LogP contribution >= 0.6 is 7.82 Å². The van der Waals surface area contributed by atoms with E-state index in [2.05, 4.69) is 79.1 Å². The van der Waals surface area contributed by atoms with Gasteiger partial charge in [0, 0.05) is 12.8 Å². The number of carbonyl (C=O) groups excluding carboxylic acids is 2. The van der Waals surface area contributed by atoms with Crippen molar-refractivity contribution in [3.05, 3.63) is 60.8 Å². The van der Waals surface area contributed by atoms with Crippen LogP contribution in [0.15, 0.2) is 60.8 Å². The molecule has 292 valence electrons. The van der Waals surface area contributed by atoms with Gasteiger partial charge in [-0.3, -0.25) is 23.4 Å². The molecule has 0 bridgehead atoms. The number of aliphatic carboxylic acids is 1. The number of hydrogen-bond donors (Lipinski definition) is 3. The van der Waals surface area contributed by atoms with E-state index in [1.165, 1.54) is 12.8 Å². The lowest BCUT2D eigenvalue weighted by Gasteiger charge is -2.20. The molecule has 0 rings (SSSR count). The van der Waals surface area contributed by atoms with Gasteiger partial charge in [0.1, 0.15) is 12.6 Å². The molecule has 0 amide bonds. The number of phosphoric ester groups is 1. The van der Waals surface area contributed by atoms with Crippen molar-refractivity contribution in [1.82, 2.24) is 0 Å². The van der Waals surface area contributed by atoms with Gasteiger partial charge >= 0.3 is 25.7 Å². The maximum atomic E-state index is 12.5. The second-order valence-electron chi connectivity index (χ2n) is 12.3. The summed E-state index contributed by atoms with van der Waals surface area (Å²) in [6, 6.07) is -1.53. The summed E-state index contributed by atoms with van der Waals surface area (Å²) in [5.41, 5.74) is 5.31. The SMILES string of the molecule is CC/C=C\C/C=C\C/C=C\CCCCCC(=O)OC(COC(=O)CCCCCCC/C=C\C/C=C\CCCC)COP(=O)(O)OCC(N)C(=O)O. The minimum absolute atomic E-state index is 0.120. The lowest BCUT2D eigenvalue weighted by atomic mass is 10.1. The fraction of sp³-hybridized carbons (Fsp3) is 0.667. The minimum Gasteiger partial charge on any atom is -0.480 e. The predicted molar refractivity (Wildman–Crippen MR) is 203 cm³/mol. The first kappa shape index (κ1) is 48.2. The van der Waals surface area contributed by atoms with Gasteiger partial charge in [-0.25, -0.2) is 4.57 Å². The molecule has 3 unspecified atom stereocenters. The monoisotopic (exact) mass is 739 g/mol. The number of hydrogen-bond acceptors (Lipinski definition) is 9. The molecular weight excluding hydrogens is 673 g/mol. The molecular formula is C39H66NO10P. The van der Waals surface area contributed by atoms with E-state index in [9.17, 15) is 23.8 Å². The first-order valence-corrected chi connectivity index (χ1v) is 20.3. The van der Waals surface area contributed by atoms with Crippen LogP contribution in [-0.2, 0) is 37.5 Å². The second-order valence-corrected chi connectivity index (χ2v) is 13.8. The Morgan fingerprint density at radius 3 is 1.67 bits per heavy atom. The Balaban J connectivity index is 4.53. The molecule has 4 N–H and O–H groups in total. The number of phosphoric acid groups is 1. The van der Waals surface area contributed by atoms with Gasteiger partial charge in [-0.15, -0.1) is 0 Å². The van der Waals surface area contributed by atoms with Crippen LogP contribution in [0.3, 0.4) is 0 Å². The van der Waals surface area contributed by atoms with Crippen molar-refractivity contribution >= 4 is 25.7 Å². The first-order chi connectivity index (χ1) is 24.6. The van der Waals surface area contributed by atoms with Crippen LogP contribution in [-0.4, -0.2) is 59.9 Å². The van der Waals surface area contributed by atoms with Gasteiger partial charge in [0.2, 0.25) is 0 Å². The van der Waals surface area contributed by atoms with Gasteiger partial charge in [-0.2, -0.15) is 0 Å². The summed E-state index contributed by atoms with van der Waals surface area (Å²) in [5, 5.41) is 8.85. The fourth-order valence-electron chi connectivity index (χ4n) is 4.50. The van der Waals surface area contributed by atoms with Crippen molar-refractivity contribution in [2.24, 2.45) is 5.73 Å². The van der Waals surface area contributed by atoms with Gasteiger partial charge in [-0.05, 0) is 70.6 Å². The van der Waals surface area contributed by atoms with E-state index in [0.29, 0.717) is 12.8 Å². The maximum absolute atomic E-state index is 12.5. The maximum Gasteiger partial charge on any atom is 0.472 e. The molecule has 0 saturated carbocycles. The fourth-order valence-corrected chi connectivity index (χ4v) is 5.28. The third-order valence-corrected chi connectivity index (χ3v) is 8.45. The second kappa shape index (κ2) is 34.3. The largest absolute Gasteiger partial charge is 0.480 e. The Labute approximate surface area is 307 Å². The Hall–Kier alpha value is -2.82. The number of carbonyl (C=O) groups is 3. The molecule has 12 heteroatoms. The Bertz CT molecular complexity index is 1100. The number of nitrogens with two attached hydrogens (primary N) is 1. The van der Waals surface area contributed by atoms with Crippen LogP contribution in [0, 0.1) is 0 Å². The van der Waals surface area contributed by atoms with Crippen molar-refractivity contribution < 1.29 is 47.5 Å². The molecule has 0 aromatic heterocycles. The molecule has 0 aliphatic heterocycles. The number of rotatable bonds is 34. The summed E-state index contributed by atoms with van der Waals surface area (Å²) >= 11 is 0. The highest BCUT2D eigenvalue weighted by Gasteiger charge is 2.28. The van der Waals surface area contributed by atoms with Crippen molar-refractivity contribution in [3.63, 3.8) is 0 Å². The van der Waals surface area contributed by atoms with Crippen LogP contribution in [0.25, 0.3) is 0 Å². The summed E-state index contributed by atoms with van der Waals surface area (Å²) in [7, 11) is -4.72. The van der Waals surface area contributed by atoms with Crippen LogP contribution in [0.1, 0.15) is 136 Å². The highest BCUT2D eigenvalue weighted by Crippen LogP contribution is 2.43.